The van der Waals surface area contributed by atoms with Gasteiger partial charge in [-0.15, -0.1) is 0 Å². The molecule has 1 atom stereocenters. The summed E-state index contributed by atoms with van der Waals surface area (Å²) in [6, 6.07) is 6.27. The van der Waals surface area contributed by atoms with Crippen LogP contribution in [0.15, 0.2) is 24.5 Å². The van der Waals surface area contributed by atoms with Gasteiger partial charge in [0.05, 0.1) is 6.07 Å². The highest BCUT2D eigenvalue weighted by Gasteiger charge is 2.12. The van der Waals surface area contributed by atoms with Crippen molar-refractivity contribution < 1.29 is 0 Å². The molecular weight excluding hydrogens is 290 g/mol. The molecule has 0 bridgehead atoms. The van der Waals surface area contributed by atoms with Crippen molar-refractivity contribution in [2.24, 2.45) is 5.92 Å². The first-order valence-corrected chi connectivity index (χ1v) is 7.46. The van der Waals surface area contributed by atoms with Crippen LogP contribution < -0.4 is 0 Å². The van der Waals surface area contributed by atoms with Crippen LogP contribution in [0.4, 0.5) is 0 Å². The molecule has 0 aromatic carbocycles. The molecule has 18 heavy (non-hydrogen) atoms. The van der Waals surface area contributed by atoms with Crippen molar-refractivity contribution in [3.63, 3.8) is 0 Å². The molecule has 0 fully saturated rings. The van der Waals surface area contributed by atoms with E-state index < -0.39 is 0 Å². The van der Waals surface area contributed by atoms with Gasteiger partial charge in [-0.25, -0.2) is 0 Å². The Morgan fingerprint density at radius 2 is 2.39 bits per heavy atom. The van der Waals surface area contributed by atoms with Gasteiger partial charge in [-0.1, -0.05) is 35.3 Å². The van der Waals surface area contributed by atoms with Gasteiger partial charge in [0.2, 0.25) is 0 Å². The van der Waals surface area contributed by atoms with Gasteiger partial charge in [-0.2, -0.15) is 5.26 Å². The molecule has 98 valence electrons. The molecule has 0 N–H and O–H groups in total. The van der Waals surface area contributed by atoms with Crippen LogP contribution in [0.1, 0.15) is 25.3 Å². The Kier molecular flexibility index (Phi) is 7.63. The van der Waals surface area contributed by atoms with E-state index >= 15 is 0 Å². The molecular formula is C14H20BrN3. The molecule has 1 rings (SSSR count). The van der Waals surface area contributed by atoms with Crippen LogP contribution in [0.5, 0.6) is 0 Å². The van der Waals surface area contributed by atoms with E-state index in [4.69, 9.17) is 5.26 Å². The van der Waals surface area contributed by atoms with Crippen LogP contribution in [0.3, 0.4) is 0 Å². The van der Waals surface area contributed by atoms with Gasteiger partial charge in [0.25, 0.3) is 0 Å². The highest BCUT2D eigenvalue weighted by atomic mass is 79.9. The maximum Gasteiger partial charge on any atom is 0.0635 e. The third-order valence-electron chi connectivity index (χ3n) is 2.98. The maximum atomic E-state index is 8.73. The average molecular weight is 310 g/mol. The zero-order valence-corrected chi connectivity index (χ0v) is 12.4. The summed E-state index contributed by atoms with van der Waals surface area (Å²) < 4.78 is 0. The van der Waals surface area contributed by atoms with E-state index in [1.165, 1.54) is 5.56 Å². The molecule has 4 heteroatoms. The normalized spacial score (nSPS) is 12.3. The number of hydrogen-bond donors (Lipinski definition) is 0. The molecule has 1 aromatic heterocycles. The van der Waals surface area contributed by atoms with Crippen LogP contribution in [0.25, 0.3) is 0 Å². The predicted octanol–water partition coefficient (Wildman–Crippen LogP) is 3.22. The minimum Gasteiger partial charge on any atom is -0.298 e. The average Bonchev–Trinajstić information content (AvgIpc) is 2.42. The van der Waals surface area contributed by atoms with Gasteiger partial charge in [-0.05, 0) is 17.5 Å². The number of alkyl halides is 1. The molecule has 0 radical (unpaired) electrons. The summed E-state index contributed by atoms with van der Waals surface area (Å²) in [4.78, 5) is 6.48. The monoisotopic (exact) mass is 309 g/mol. The molecule has 1 heterocycles. The van der Waals surface area contributed by atoms with Crippen LogP contribution in [0.2, 0.25) is 0 Å². The van der Waals surface area contributed by atoms with E-state index in [2.05, 4.69) is 44.9 Å². The van der Waals surface area contributed by atoms with Crippen LogP contribution in [-0.2, 0) is 6.54 Å². The molecule has 0 amide bonds. The van der Waals surface area contributed by atoms with E-state index in [-0.39, 0.29) is 0 Å². The SMILES string of the molecule is CCC(CBr)CN(CCC#N)Cc1cccnc1. The highest BCUT2D eigenvalue weighted by molar-refractivity contribution is 9.09. The zero-order valence-electron chi connectivity index (χ0n) is 10.8. The second-order valence-electron chi connectivity index (χ2n) is 4.43. The molecule has 0 aliphatic carbocycles. The standard InChI is InChI=1S/C14H20BrN3/c1-2-13(9-15)11-18(8-4-6-16)12-14-5-3-7-17-10-14/h3,5,7,10,13H,2,4,8-9,11-12H2,1H3. The third-order valence-corrected chi connectivity index (χ3v) is 3.90. The number of hydrogen-bond acceptors (Lipinski definition) is 3. The Morgan fingerprint density at radius 1 is 1.56 bits per heavy atom. The number of aromatic nitrogens is 1. The number of pyridine rings is 1. The Balaban J connectivity index is 2.57. The summed E-state index contributed by atoms with van der Waals surface area (Å²) in [5, 5.41) is 9.74. The lowest BCUT2D eigenvalue weighted by molar-refractivity contribution is 0.233. The Bertz CT molecular complexity index is 357. The van der Waals surface area contributed by atoms with Gasteiger partial charge in [0.1, 0.15) is 0 Å². The lowest BCUT2D eigenvalue weighted by Crippen LogP contribution is -2.30. The first-order chi connectivity index (χ1) is 8.80. The minimum absolute atomic E-state index is 0.582. The van der Waals surface area contributed by atoms with Crippen molar-refractivity contribution >= 4 is 15.9 Å². The van der Waals surface area contributed by atoms with Gasteiger partial charge >= 0.3 is 0 Å². The van der Waals surface area contributed by atoms with Crippen molar-refractivity contribution in [3.8, 4) is 6.07 Å². The summed E-state index contributed by atoms with van der Waals surface area (Å²) in [7, 11) is 0. The lowest BCUT2D eigenvalue weighted by Gasteiger charge is -2.25. The summed E-state index contributed by atoms with van der Waals surface area (Å²) in [5.74, 6) is 0.639. The predicted molar refractivity (Wildman–Crippen MR) is 77.3 cm³/mol. The Labute approximate surface area is 118 Å². The van der Waals surface area contributed by atoms with Crippen molar-refractivity contribution in [3.05, 3.63) is 30.1 Å². The maximum absolute atomic E-state index is 8.73. The van der Waals surface area contributed by atoms with Crippen LogP contribution >= 0.6 is 15.9 Å². The molecule has 0 spiro atoms. The van der Waals surface area contributed by atoms with E-state index in [1.54, 1.807) is 6.20 Å². The number of nitriles is 1. The lowest BCUT2D eigenvalue weighted by atomic mass is 10.1. The Morgan fingerprint density at radius 3 is 2.94 bits per heavy atom. The fourth-order valence-electron chi connectivity index (χ4n) is 1.85. The van der Waals surface area contributed by atoms with E-state index in [0.717, 1.165) is 31.4 Å². The van der Waals surface area contributed by atoms with Gasteiger partial charge in [-0.3, -0.25) is 9.88 Å². The highest BCUT2D eigenvalue weighted by Crippen LogP contribution is 2.12. The zero-order chi connectivity index (χ0) is 13.2. The number of nitrogens with zero attached hydrogens (tertiary/aromatic N) is 3. The molecule has 1 unspecified atom stereocenters. The van der Waals surface area contributed by atoms with Gasteiger partial charge < -0.3 is 0 Å². The van der Waals surface area contributed by atoms with E-state index in [0.29, 0.717) is 12.3 Å². The smallest absolute Gasteiger partial charge is 0.0635 e. The van der Waals surface area contributed by atoms with Crippen molar-refractivity contribution in [1.29, 1.82) is 5.26 Å². The molecule has 3 nitrogen and oxygen atoms in total. The Hall–Kier alpha value is -0.920. The van der Waals surface area contributed by atoms with Crippen molar-refractivity contribution in [2.75, 3.05) is 18.4 Å². The molecule has 0 saturated carbocycles. The number of halogens is 1. The molecule has 0 aliphatic heterocycles. The summed E-state index contributed by atoms with van der Waals surface area (Å²) in [6.07, 6.45) is 5.42. The largest absolute Gasteiger partial charge is 0.298 e. The minimum atomic E-state index is 0.582. The number of rotatable bonds is 8. The topological polar surface area (TPSA) is 39.9 Å². The second kappa shape index (κ2) is 9.07. The summed E-state index contributed by atoms with van der Waals surface area (Å²) >= 11 is 3.55. The quantitative estimate of drug-likeness (QED) is 0.692. The summed E-state index contributed by atoms with van der Waals surface area (Å²) in [6.45, 7) is 4.94. The van der Waals surface area contributed by atoms with Crippen LogP contribution in [-0.4, -0.2) is 28.3 Å². The molecule has 0 aliphatic rings. The molecule has 0 saturated heterocycles. The fraction of sp³-hybridized carbons (Fsp3) is 0.571. The van der Waals surface area contributed by atoms with E-state index in [1.807, 2.05) is 12.3 Å². The van der Waals surface area contributed by atoms with E-state index in [9.17, 15) is 0 Å². The first kappa shape index (κ1) is 15.1. The fourth-order valence-corrected chi connectivity index (χ4v) is 2.51. The van der Waals surface area contributed by atoms with Gasteiger partial charge in [0, 0.05) is 43.8 Å². The van der Waals surface area contributed by atoms with Gasteiger partial charge in [0.15, 0.2) is 0 Å². The van der Waals surface area contributed by atoms with Crippen LogP contribution in [0, 0.1) is 17.2 Å². The van der Waals surface area contributed by atoms with Crippen molar-refractivity contribution in [2.45, 2.75) is 26.3 Å². The van der Waals surface area contributed by atoms with Crippen molar-refractivity contribution in [1.82, 2.24) is 9.88 Å². The molecule has 1 aromatic rings. The second-order valence-corrected chi connectivity index (χ2v) is 5.08. The summed E-state index contributed by atoms with van der Waals surface area (Å²) in [5.41, 5.74) is 1.21. The third kappa shape index (κ3) is 5.61. The first-order valence-electron chi connectivity index (χ1n) is 6.34.